The molecule has 1 unspecified atom stereocenters. The highest BCUT2D eigenvalue weighted by Crippen LogP contribution is 2.47. The minimum atomic E-state index is -0.629. The number of rotatable bonds is 4. The second-order valence-corrected chi connectivity index (χ2v) is 10.3. The summed E-state index contributed by atoms with van der Waals surface area (Å²) in [5, 5.41) is 3.83. The van der Waals surface area contributed by atoms with E-state index in [1.54, 1.807) is 12.1 Å². The first-order valence-electron chi connectivity index (χ1n) is 10.2. The summed E-state index contributed by atoms with van der Waals surface area (Å²) in [5.41, 5.74) is 1.83. The molecule has 158 valence electrons. The van der Waals surface area contributed by atoms with Crippen LogP contribution in [0.4, 0.5) is 10.2 Å². The van der Waals surface area contributed by atoms with Gasteiger partial charge in [-0.3, -0.25) is 9.59 Å². The highest BCUT2D eigenvalue weighted by atomic mass is 32.2. The third-order valence-corrected chi connectivity index (χ3v) is 6.74. The van der Waals surface area contributed by atoms with Gasteiger partial charge in [0.2, 0.25) is 0 Å². The molecular formula is C23H26FN3O2S. The Kier molecular flexibility index (Phi) is 5.34. The molecule has 30 heavy (non-hydrogen) atoms. The summed E-state index contributed by atoms with van der Waals surface area (Å²) in [6.07, 6.45) is 1.06. The van der Waals surface area contributed by atoms with Gasteiger partial charge in [0.05, 0.1) is 5.56 Å². The summed E-state index contributed by atoms with van der Waals surface area (Å²) in [4.78, 5) is 33.8. The van der Waals surface area contributed by atoms with Crippen LogP contribution in [0.25, 0.3) is 0 Å². The number of aromatic amines is 1. The zero-order valence-electron chi connectivity index (χ0n) is 17.6. The minimum absolute atomic E-state index is 0.00804. The third-order valence-electron chi connectivity index (χ3n) is 5.44. The van der Waals surface area contributed by atoms with Crippen molar-refractivity contribution in [3.8, 4) is 0 Å². The number of ketones is 1. The van der Waals surface area contributed by atoms with Gasteiger partial charge in [0, 0.05) is 29.4 Å². The van der Waals surface area contributed by atoms with Crippen molar-refractivity contribution in [2.24, 2.45) is 11.3 Å². The first-order valence-corrected chi connectivity index (χ1v) is 11.2. The van der Waals surface area contributed by atoms with E-state index >= 15 is 0 Å². The summed E-state index contributed by atoms with van der Waals surface area (Å²) in [5.74, 6) is 0.710. The number of fused-ring (bicyclic) bond motifs is 1. The van der Waals surface area contributed by atoms with E-state index in [4.69, 9.17) is 0 Å². The average molecular weight is 428 g/mol. The zero-order chi connectivity index (χ0) is 21.6. The summed E-state index contributed by atoms with van der Waals surface area (Å²) >= 11 is 1.50. The second-order valence-electron chi connectivity index (χ2n) is 9.28. The summed E-state index contributed by atoms with van der Waals surface area (Å²) in [6, 6.07) is 6.14. The lowest BCUT2D eigenvalue weighted by Crippen LogP contribution is -2.37. The minimum Gasteiger partial charge on any atom is -0.343 e. The molecule has 5 nitrogen and oxygen atoms in total. The van der Waals surface area contributed by atoms with E-state index in [2.05, 4.69) is 43.0 Å². The van der Waals surface area contributed by atoms with Gasteiger partial charge in [-0.25, -0.2) is 9.37 Å². The van der Waals surface area contributed by atoms with E-state index in [9.17, 15) is 14.0 Å². The molecule has 2 aliphatic rings. The third kappa shape index (κ3) is 3.95. The quantitative estimate of drug-likeness (QED) is 0.539. The fraction of sp³-hybridized carbons (Fsp3) is 0.435. The molecule has 0 spiro atoms. The Labute approximate surface area is 179 Å². The molecule has 2 heterocycles. The Hall–Kier alpha value is -2.41. The molecule has 0 bridgehead atoms. The average Bonchev–Trinajstić information content (AvgIpc) is 2.63. The molecule has 4 rings (SSSR count). The second kappa shape index (κ2) is 7.69. The maximum Gasteiger partial charge on any atom is 0.257 e. The number of thioether (sulfide) groups is 1. The lowest BCUT2D eigenvalue weighted by molar-refractivity contribution is -0.118. The lowest BCUT2D eigenvalue weighted by Gasteiger charge is -2.38. The maximum atomic E-state index is 14.1. The molecule has 1 aromatic heterocycles. The van der Waals surface area contributed by atoms with E-state index < -0.39 is 11.7 Å². The number of H-pyrrole nitrogens is 1. The van der Waals surface area contributed by atoms with Crippen molar-refractivity contribution in [2.75, 3.05) is 11.1 Å². The topological polar surface area (TPSA) is 74.8 Å². The molecule has 0 radical (unpaired) electrons. The van der Waals surface area contributed by atoms with Gasteiger partial charge in [0.25, 0.3) is 5.56 Å². The number of benzene rings is 1. The smallest absolute Gasteiger partial charge is 0.257 e. The van der Waals surface area contributed by atoms with Gasteiger partial charge >= 0.3 is 0 Å². The van der Waals surface area contributed by atoms with Crippen LogP contribution < -0.4 is 10.9 Å². The lowest BCUT2D eigenvalue weighted by atomic mass is 9.69. The van der Waals surface area contributed by atoms with Crippen molar-refractivity contribution in [1.29, 1.82) is 0 Å². The molecule has 7 heteroatoms. The summed E-state index contributed by atoms with van der Waals surface area (Å²) in [7, 11) is 0. The first-order chi connectivity index (χ1) is 14.1. The fourth-order valence-corrected chi connectivity index (χ4v) is 5.04. The zero-order valence-corrected chi connectivity index (χ0v) is 18.5. The summed E-state index contributed by atoms with van der Waals surface area (Å²) < 4.78 is 14.1. The molecule has 0 saturated carbocycles. The number of hydrogen-bond donors (Lipinski definition) is 2. The number of Topliss-reactive ketones (excluding diaryl/α,β-unsaturated/α-hetero) is 1. The monoisotopic (exact) mass is 427 g/mol. The van der Waals surface area contributed by atoms with Crippen LogP contribution in [-0.4, -0.2) is 21.5 Å². The van der Waals surface area contributed by atoms with Gasteiger partial charge in [-0.15, -0.1) is 0 Å². The molecule has 2 aromatic rings. The van der Waals surface area contributed by atoms with Crippen molar-refractivity contribution >= 4 is 23.4 Å². The number of nitrogens with zero attached hydrogens (tertiary/aromatic N) is 1. The van der Waals surface area contributed by atoms with Crippen LogP contribution in [0.1, 0.15) is 57.6 Å². The molecule has 2 N–H and O–H groups in total. The SMILES string of the molecule is CC(C)CSc1nc2c(c(=O)[nH]1)C(c1cccc(F)c1)C1=C(CC(C)(C)CC1=O)N2. The van der Waals surface area contributed by atoms with Crippen molar-refractivity contribution in [3.63, 3.8) is 0 Å². The number of aromatic nitrogens is 2. The number of nitrogens with one attached hydrogen (secondary N) is 2. The van der Waals surface area contributed by atoms with E-state index in [1.165, 1.54) is 23.9 Å². The number of anilines is 1. The maximum absolute atomic E-state index is 14.1. The van der Waals surface area contributed by atoms with Crippen LogP contribution in [0.5, 0.6) is 0 Å². The fourth-order valence-electron chi connectivity index (χ4n) is 4.23. The normalized spacial score (nSPS) is 20.1. The van der Waals surface area contributed by atoms with Crippen molar-refractivity contribution in [2.45, 2.75) is 51.6 Å². The Bertz CT molecular complexity index is 1100. The molecule has 1 aliphatic carbocycles. The van der Waals surface area contributed by atoms with Crippen molar-refractivity contribution in [1.82, 2.24) is 9.97 Å². The highest BCUT2D eigenvalue weighted by molar-refractivity contribution is 7.99. The van der Waals surface area contributed by atoms with Crippen molar-refractivity contribution in [3.05, 3.63) is 62.8 Å². The van der Waals surface area contributed by atoms with Gasteiger partial charge in [-0.1, -0.05) is 51.6 Å². The number of carbonyl (C=O) groups is 1. The van der Waals surface area contributed by atoms with Gasteiger partial charge in [-0.05, 0) is 35.4 Å². The standard InChI is InChI=1S/C23H26FN3O2S/c1-12(2)11-30-22-26-20-19(21(29)27-22)17(13-6-5-7-14(24)8-13)18-15(25-20)9-23(3,4)10-16(18)28/h5-8,12,17H,9-11H2,1-4H3,(H2,25,26,27,29). The molecule has 1 aromatic carbocycles. The van der Waals surface area contributed by atoms with Crippen molar-refractivity contribution < 1.29 is 9.18 Å². The molecule has 1 aliphatic heterocycles. The number of hydrogen-bond acceptors (Lipinski definition) is 5. The van der Waals surface area contributed by atoms with Gasteiger partial charge in [-0.2, -0.15) is 0 Å². The van der Waals surface area contributed by atoms with Crippen LogP contribution in [0.2, 0.25) is 0 Å². The van der Waals surface area contributed by atoms with E-state index in [0.717, 1.165) is 11.4 Å². The molecule has 1 atom stereocenters. The Balaban J connectivity index is 1.89. The Morgan fingerprint density at radius 3 is 2.73 bits per heavy atom. The van der Waals surface area contributed by atoms with E-state index in [0.29, 0.717) is 46.4 Å². The molecular weight excluding hydrogens is 401 g/mol. The van der Waals surface area contributed by atoms with Gasteiger partial charge in [0.1, 0.15) is 11.6 Å². The molecule has 0 saturated heterocycles. The summed E-state index contributed by atoms with van der Waals surface area (Å²) in [6.45, 7) is 8.32. The molecule has 0 amide bonds. The van der Waals surface area contributed by atoms with E-state index in [1.807, 2.05) is 0 Å². The predicted octanol–water partition coefficient (Wildman–Crippen LogP) is 4.86. The Morgan fingerprint density at radius 1 is 1.27 bits per heavy atom. The van der Waals surface area contributed by atoms with Crippen LogP contribution in [0, 0.1) is 17.2 Å². The number of carbonyl (C=O) groups excluding carboxylic acids is 1. The number of halogens is 1. The highest BCUT2D eigenvalue weighted by Gasteiger charge is 2.42. The predicted molar refractivity (Wildman–Crippen MR) is 117 cm³/mol. The number of allylic oxidation sites excluding steroid dienone is 2. The first kappa shape index (κ1) is 20.8. The largest absolute Gasteiger partial charge is 0.343 e. The van der Waals surface area contributed by atoms with Crippen LogP contribution >= 0.6 is 11.8 Å². The Morgan fingerprint density at radius 2 is 2.03 bits per heavy atom. The van der Waals surface area contributed by atoms with E-state index in [-0.39, 0.29) is 16.8 Å². The van der Waals surface area contributed by atoms with Crippen LogP contribution in [-0.2, 0) is 4.79 Å². The van der Waals surface area contributed by atoms with Crippen LogP contribution in [0.3, 0.4) is 0 Å². The van der Waals surface area contributed by atoms with Crippen LogP contribution in [0.15, 0.2) is 45.5 Å². The van der Waals surface area contributed by atoms with Gasteiger partial charge < -0.3 is 10.3 Å². The van der Waals surface area contributed by atoms with Gasteiger partial charge in [0.15, 0.2) is 10.9 Å². The molecule has 0 fully saturated rings.